The molecule has 0 saturated carbocycles. The van der Waals surface area contributed by atoms with Gasteiger partial charge in [-0.15, -0.1) is 0 Å². The van der Waals surface area contributed by atoms with Crippen LogP contribution in [0.2, 0.25) is 0 Å². The first kappa shape index (κ1) is 35.0. The van der Waals surface area contributed by atoms with Crippen molar-refractivity contribution < 1.29 is 63.2 Å². The van der Waals surface area contributed by atoms with Crippen molar-refractivity contribution in [3.05, 3.63) is 29.8 Å². The quantitative estimate of drug-likeness (QED) is 0.216. The van der Waals surface area contributed by atoms with Crippen LogP contribution >= 0.6 is 0 Å². The Morgan fingerprint density at radius 2 is 1.52 bits per heavy atom. The molecule has 2 fully saturated rings. The Balaban J connectivity index is 0.00000560. The zero-order chi connectivity index (χ0) is 28.3. The van der Waals surface area contributed by atoms with E-state index >= 15 is 0 Å². The van der Waals surface area contributed by atoms with Gasteiger partial charge in [0, 0.05) is 24.7 Å². The molecule has 1 aromatic carbocycles. The van der Waals surface area contributed by atoms with Crippen LogP contribution in [0, 0.1) is 0 Å². The molecular formula is C30H47N2NaO7. The summed E-state index contributed by atoms with van der Waals surface area (Å²) in [6, 6.07) is 5.81. The number of fused-ring (bicyclic) bond motifs is 1. The molecule has 10 heteroatoms. The van der Waals surface area contributed by atoms with Gasteiger partial charge in [-0.2, -0.15) is 0 Å². The van der Waals surface area contributed by atoms with Gasteiger partial charge < -0.3 is 39.5 Å². The zero-order valence-electron chi connectivity index (χ0n) is 25.0. The summed E-state index contributed by atoms with van der Waals surface area (Å²) in [5, 5.41) is 16.4. The third kappa shape index (κ3) is 11.6. The molecule has 40 heavy (non-hydrogen) atoms. The van der Waals surface area contributed by atoms with E-state index in [1.54, 1.807) is 24.3 Å². The molecule has 0 radical (unpaired) electrons. The number of nitrogens with one attached hydrogen (secondary N) is 2. The maximum Gasteiger partial charge on any atom is 1.00 e. The number of ether oxygens (including phenoxy) is 4. The summed E-state index contributed by atoms with van der Waals surface area (Å²) in [6.07, 6.45) is 10.7. The predicted octanol–water partition coefficient (Wildman–Crippen LogP) is 1.68. The number of amides is 2. The standard InChI is InChI=1S/C30H48N2O7.Na/c1-5-6-7-8-9-10-11-12-13-14-19-36-28-27-26(38-30(3,4)39-27)25(37-28)21(2)31-29(35)32-23-17-15-22(16-18-23)20-24(33)34;/h15-18,21,25-28H,5-14,19-20H2,1-4H3,(H,33,34)(H2,31,32,35);/q;+1/p-1/t21?,25-,26-,27-,28-;/m0./s1. The van der Waals surface area contributed by atoms with Gasteiger partial charge >= 0.3 is 35.6 Å². The minimum Gasteiger partial charge on any atom is -0.550 e. The minimum absolute atomic E-state index is 0. The number of carbonyl (C=O) groups excluding carboxylic acids is 2. The van der Waals surface area contributed by atoms with Crippen molar-refractivity contribution >= 4 is 17.7 Å². The number of rotatable bonds is 17. The molecule has 5 atom stereocenters. The predicted molar refractivity (Wildman–Crippen MR) is 147 cm³/mol. The van der Waals surface area contributed by atoms with E-state index in [-0.39, 0.29) is 54.2 Å². The molecule has 2 saturated heterocycles. The number of anilines is 1. The number of carboxylic acid groups (broad SMARTS) is 1. The molecule has 220 valence electrons. The molecule has 9 nitrogen and oxygen atoms in total. The Bertz CT molecular complexity index is 899. The van der Waals surface area contributed by atoms with Gasteiger partial charge in [0.1, 0.15) is 18.3 Å². The summed E-state index contributed by atoms with van der Waals surface area (Å²) >= 11 is 0. The monoisotopic (exact) mass is 570 g/mol. The van der Waals surface area contributed by atoms with Gasteiger partial charge in [0.2, 0.25) is 0 Å². The normalized spacial score (nSPS) is 23.7. The van der Waals surface area contributed by atoms with Gasteiger partial charge in [-0.1, -0.05) is 76.8 Å². The van der Waals surface area contributed by atoms with Crippen molar-refractivity contribution in [1.82, 2.24) is 5.32 Å². The Morgan fingerprint density at radius 1 is 0.950 bits per heavy atom. The fourth-order valence-electron chi connectivity index (χ4n) is 5.25. The molecule has 1 aromatic rings. The van der Waals surface area contributed by atoms with Crippen molar-refractivity contribution in [3.63, 3.8) is 0 Å². The number of urea groups is 1. The van der Waals surface area contributed by atoms with Crippen LogP contribution in [0.5, 0.6) is 0 Å². The van der Waals surface area contributed by atoms with Crippen LogP contribution in [-0.2, 0) is 30.2 Å². The van der Waals surface area contributed by atoms with Gasteiger partial charge in [-0.05, 0) is 44.9 Å². The number of hydrogen-bond acceptors (Lipinski definition) is 7. The fraction of sp³-hybridized carbons (Fsp3) is 0.733. The second-order valence-electron chi connectivity index (χ2n) is 11.2. The van der Waals surface area contributed by atoms with Gasteiger partial charge in [0.25, 0.3) is 0 Å². The van der Waals surface area contributed by atoms with Crippen LogP contribution in [0.1, 0.15) is 97.5 Å². The molecule has 2 amide bonds. The molecule has 2 aliphatic heterocycles. The van der Waals surface area contributed by atoms with E-state index in [4.69, 9.17) is 18.9 Å². The van der Waals surface area contributed by atoms with E-state index in [2.05, 4.69) is 17.6 Å². The zero-order valence-corrected chi connectivity index (χ0v) is 27.0. The number of carboxylic acids is 1. The topological polar surface area (TPSA) is 118 Å². The van der Waals surface area contributed by atoms with E-state index in [9.17, 15) is 14.7 Å². The number of hydrogen-bond donors (Lipinski definition) is 2. The van der Waals surface area contributed by atoms with Crippen LogP contribution in [0.15, 0.2) is 24.3 Å². The summed E-state index contributed by atoms with van der Waals surface area (Å²) in [5.41, 5.74) is 1.15. The third-order valence-corrected chi connectivity index (χ3v) is 7.24. The number of benzene rings is 1. The molecule has 1 unspecified atom stereocenters. The summed E-state index contributed by atoms with van der Waals surface area (Å²) < 4.78 is 24.5. The maximum absolute atomic E-state index is 12.6. The van der Waals surface area contributed by atoms with Crippen molar-refractivity contribution in [2.45, 2.75) is 135 Å². The summed E-state index contributed by atoms with van der Waals surface area (Å²) in [5.74, 6) is -1.91. The van der Waals surface area contributed by atoms with E-state index in [0.717, 1.165) is 12.8 Å². The summed E-state index contributed by atoms with van der Waals surface area (Å²) in [6.45, 7) is 8.45. The molecular weight excluding hydrogens is 523 g/mol. The molecule has 0 spiro atoms. The van der Waals surface area contributed by atoms with Crippen molar-refractivity contribution in [3.8, 4) is 0 Å². The van der Waals surface area contributed by atoms with Gasteiger partial charge in [0.15, 0.2) is 12.1 Å². The fourth-order valence-corrected chi connectivity index (χ4v) is 5.25. The average molecular weight is 571 g/mol. The van der Waals surface area contributed by atoms with Crippen molar-refractivity contribution in [2.75, 3.05) is 11.9 Å². The first-order valence-corrected chi connectivity index (χ1v) is 14.7. The van der Waals surface area contributed by atoms with Gasteiger partial charge in [-0.25, -0.2) is 4.79 Å². The van der Waals surface area contributed by atoms with Gasteiger partial charge in [-0.3, -0.25) is 0 Å². The third-order valence-electron chi connectivity index (χ3n) is 7.24. The van der Waals surface area contributed by atoms with E-state index in [0.29, 0.717) is 17.9 Å². The van der Waals surface area contributed by atoms with E-state index in [1.807, 2.05) is 20.8 Å². The van der Waals surface area contributed by atoms with Crippen molar-refractivity contribution in [1.29, 1.82) is 0 Å². The average Bonchev–Trinajstić information content (AvgIpc) is 3.36. The van der Waals surface area contributed by atoms with Crippen LogP contribution < -0.4 is 45.3 Å². The molecule has 0 aliphatic carbocycles. The first-order valence-electron chi connectivity index (χ1n) is 14.7. The second kappa shape index (κ2) is 17.7. The molecule has 2 heterocycles. The largest absolute Gasteiger partial charge is 1.00 e. The Hall–Kier alpha value is -1.20. The number of carbonyl (C=O) groups is 2. The number of unbranched alkanes of at least 4 members (excludes halogenated alkanes) is 9. The van der Waals surface area contributed by atoms with Crippen molar-refractivity contribution in [2.24, 2.45) is 0 Å². The maximum atomic E-state index is 12.6. The Morgan fingerprint density at radius 3 is 2.12 bits per heavy atom. The molecule has 0 bridgehead atoms. The summed E-state index contributed by atoms with van der Waals surface area (Å²) in [7, 11) is 0. The molecule has 2 aliphatic rings. The van der Waals surface area contributed by atoms with Gasteiger partial charge in [0.05, 0.1) is 6.04 Å². The van der Waals surface area contributed by atoms with Crippen LogP contribution in [0.4, 0.5) is 10.5 Å². The Labute approximate surface area is 261 Å². The van der Waals surface area contributed by atoms with E-state index in [1.165, 1.54) is 51.4 Å². The van der Waals surface area contributed by atoms with Crippen LogP contribution in [0.25, 0.3) is 0 Å². The molecule has 3 rings (SSSR count). The van der Waals surface area contributed by atoms with Crippen LogP contribution in [0.3, 0.4) is 0 Å². The SMILES string of the molecule is CCCCCCCCCCCCO[C@H]1O[C@@H](C(C)NC(=O)Nc2ccc(CC(=O)[O-])cc2)[C@@H]2OC(C)(C)O[C@H]12.[Na+]. The Kier molecular flexibility index (Phi) is 15.5. The van der Waals surface area contributed by atoms with E-state index < -0.39 is 30.2 Å². The smallest absolute Gasteiger partial charge is 0.550 e. The second-order valence-corrected chi connectivity index (χ2v) is 11.2. The summed E-state index contributed by atoms with van der Waals surface area (Å²) in [4.78, 5) is 23.4. The first-order chi connectivity index (χ1) is 18.7. The molecule has 2 N–H and O–H groups in total. The minimum atomic E-state index is -1.15. The number of aliphatic carboxylic acids is 1. The van der Waals surface area contributed by atoms with Crippen LogP contribution in [-0.4, -0.2) is 55.0 Å². The molecule has 0 aromatic heterocycles.